The Morgan fingerprint density at radius 1 is 0.889 bits per heavy atom. The number of carbonyl (C=O) groups is 1. The van der Waals surface area contributed by atoms with Crippen molar-refractivity contribution in [3.8, 4) is 17.2 Å². The average Bonchev–Trinajstić information content (AvgIpc) is 2.71. The summed E-state index contributed by atoms with van der Waals surface area (Å²) in [5, 5.41) is 14.0. The van der Waals surface area contributed by atoms with Crippen LogP contribution in [0.5, 0.6) is 0 Å². The number of nitriles is 1. The first-order chi connectivity index (χ1) is 13.2. The SMILES string of the molecule is CCOC(=O)c1ccc(C#N)c(-c2cccc3cc4ccccc4cc23)c1. The van der Waals surface area contributed by atoms with Gasteiger partial charge in [0.25, 0.3) is 0 Å². The van der Waals surface area contributed by atoms with Crippen LogP contribution in [-0.2, 0) is 4.74 Å². The first-order valence-corrected chi connectivity index (χ1v) is 8.84. The number of carbonyl (C=O) groups excluding carboxylic acids is 1. The summed E-state index contributed by atoms with van der Waals surface area (Å²) in [6.45, 7) is 2.09. The van der Waals surface area contributed by atoms with Gasteiger partial charge in [0.1, 0.15) is 0 Å². The van der Waals surface area contributed by atoms with Crippen LogP contribution in [-0.4, -0.2) is 12.6 Å². The van der Waals surface area contributed by atoms with Crippen molar-refractivity contribution in [2.24, 2.45) is 0 Å². The van der Waals surface area contributed by atoms with E-state index in [4.69, 9.17) is 4.74 Å². The summed E-state index contributed by atoms with van der Waals surface area (Å²) in [5.41, 5.74) is 2.65. The number of hydrogen-bond acceptors (Lipinski definition) is 3. The number of rotatable bonds is 3. The van der Waals surface area contributed by atoms with Crippen molar-refractivity contribution in [3.05, 3.63) is 83.9 Å². The van der Waals surface area contributed by atoms with Crippen LogP contribution in [0.4, 0.5) is 0 Å². The Kier molecular flexibility index (Phi) is 4.32. The van der Waals surface area contributed by atoms with Crippen molar-refractivity contribution in [2.75, 3.05) is 6.61 Å². The Morgan fingerprint density at radius 3 is 2.37 bits per heavy atom. The monoisotopic (exact) mass is 351 g/mol. The third-order valence-electron chi connectivity index (χ3n) is 4.69. The minimum atomic E-state index is -0.381. The molecule has 130 valence electrons. The molecule has 0 radical (unpaired) electrons. The Balaban J connectivity index is 1.98. The number of hydrogen-bond donors (Lipinski definition) is 0. The number of ether oxygens (including phenoxy) is 1. The Morgan fingerprint density at radius 2 is 1.63 bits per heavy atom. The number of fused-ring (bicyclic) bond motifs is 2. The van der Waals surface area contributed by atoms with Gasteiger partial charge in [-0.05, 0) is 64.4 Å². The molecule has 0 spiro atoms. The normalized spacial score (nSPS) is 10.7. The number of benzene rings is 4. The lowest BCUT2D eigenvalue weighted by molar-refractivity contribution is 0.0526. The molecule has 0 aromatic heterocycles. The van der Waals surface area contributed by atoms with Crippen molar-refractivity contribution in [3.63, 3.8) is 0 Å². The first kappa shape index (κ1) is 16.8. The maximum Gasteiger partial charge on any atom is 0.338 e. The fourth-order valence-electron chi connectivity index (χ4n) is 3.41. The van der Waals surface area contributed by atoms with Crippen molar-refractivity contribution in [1.82, 2.24) is 0 Å². The molecule has 3 heteroatoms. The van der Waals surface area contributed by atoms with Gasteiger partial charge in [0.15, 0.2) is 0 Å². The molecule has 0 N–H and O–H groups in total. The topological polar surface area (TPSA) is 50.1 Å². The van der Waals surface area contributed by atoms with E-state index in [0.717, 1.165) is 27.3 Å². The van der Waals surface area contributed by atoms with Gasteiger partial charge in [0, 0.05) is 5.56 Å². The number of esters is 1. The van der Waals surface area contributed by atoms with Gasteiger partial charge in [-0.3, -0.25) is 0 Å². The van der Waals surface area contributed by atoms with Crippen molar-refractivity contribution in [1.29, 1.82) is 5.26 Å². The third kappa shape index (κ3) is 3.02. The molecule has 0 saturated heterocycles. The Hall–Kier alpha value is -3.64. The summed E-state index contributed by atoms with van der Waals surface area (Å²) >= 11 is 0. The standard InChI is InChI=1S/C24H17NO2/c1-2-27-24(26)19-10-11-20(15-25)23(14-19)21-9-5-8-18-12-16-6-3-4-7-17(16)13-22(18)21/h3-14H,2H2,1H3. The van der Waals surface area contributed by atoms with Crippen LogP contribution in [0.3, 0.4) is 0 Å². The van der Waals surface area contributed by atoms with Crippen LogP contribution in [0.25, 0.3) is 32.7 Å². The molecule has 3 nitrogen and oxygen atoms in total. The maximum atomic E-state index is 12.2. The highest BCUT2D eigenvalue weighted by Gasteiger charge is 2.14. The summed E-state index contributed by atoms with van der Waals surface area (Å²) < 4.78 is 5.12. The first-order valence-electron chi connectivity index (χ1n) is 8.84. The molecular formula is C24H17NO2. The summed E-state index contributed by atoms with van der Waals surface area (Å²) in [6.07, 6.45) is 0. The maximum absolute atomic E-state index is 12.2. The van der Waals surface area contributed by atoms with Crippen LogP contribution >= 0.6 is 0 Å². The van der Waals surface area contributed by atoms with Crippen molar-refractivity contribution in [2.45, 2.75) is 6.92 Å². The lowest BCUT2D eigenvalue weighted by atomic mass is 9.92. The minimum absolute atomic E-state index is 0.314. The second kappa shape index (κ2) is 6.93. The molecule has 0 atom stereocenters. The van der Waals surface area contributed by atoms with Gasteiger partial charge < -0.3 is 4.74 Å². The van der Waals surface area contributed by atoms with Crippen molar-refractivity contribution >= 4 is 27.5 Å². The molecule has 0 heterocycles. The second-order valence-corrected chi connectivity index (χ2v) is 6.32. The van der Waals surface area contributed by atoms with E-state index < -0.39 is 0 Å². The molecule has 4 rings (SSSR count). The van der Waals surface area contributed by atoms with Crippen LogP contribution in [0.15, 0.2) is 72.8 Å². The molecule has 0 aliphatic carbocycles. The molecule has 0 unspecified atom stereocenters. The molecule has 0 aliphatic heterocycles. The number of nitrogens with zero attached hydrogens (tertiary/aromatic N) is 1. The quantitative estimate of drug-likeness (QED) is 0.351. The predicted molar refractivity (Wildman–Crippen MR) is 108 cm³/mol. The lowest BCUT2D eigenvalue weighted by Gasteiger charge is -2.12. The Labute approximate surface area is 157 Å². The van der Waals surface area contributed by atoms with Gasteiger partial charge in [-0.2, -0.15) is 5.26 Å². The van der Waals surface area contributed by atoms with E-state index in [1.807, 2.05) is 24.3 Å². The largest absolute Gasteiger partial charge is 0.462 e. The van der Waals surface area contributed by atoms with E-state index in [1.54, 1.807) is 25.1 Å². The predicted octanol–water partition coefficient (Wildman–Crippen LogP) is 5.71. The van der Waals surface area contributed by atoms with E-state index in [2.05, 4.69) is 36.4 Å². The molecule has 4 aromatic carbocycles. The average molecular weight is 351 g/mol. The second-order valence-electron chi connectivity index (χ2n) is 6.32. The zero-order chi connectivity index (χ0) is 18.8. The smallest absolute Gasteiger partial charge is 0.338 e. The zero-order valence-electron chi connectivity index (χ0n) is 14.9. The molecule has 27 heavy (non-hydrogen) atoms. The summed E-state index contributed by atoms with van der Waals surface area (Å²) in [6, 6.07) is 25.8. The fourth-order valence-corrected chi connectivity index (χ4v) is 3.41. The van der Waals surface area contributed by atoms with Gasteiger partial charge in [-0.15, -0.1) is 0 Å². The molecular weight excluding hydrogens is 334 g/mol. The van der Waals surface area contributed by atoms with Crippen LogP contribution in [0, 0.1) is 11.3 Å². The fraction of sp³-hybridized carbons (Fsp3) is 0.0833. The highest BCUT2D eigenvalue weighted by Crippen LogP contribution is 2.34. The van der Waals surface area contributed by atoms with Gasteiger partial charge in [0.2, 0.25) is 0 Å². The third-order valence-corrected chi connectivity index (χ3v) is 4.69. The summed E-state index contributed by atoms with van der Waals surface area (Å²) in [4.78, 5) is 12.2. The van der Waals surface area contributed by atoms with Crippen molar-refractivity contribution < 1.29 is 9.53 Å². The molecule has 0 aliphatic rings. The zero-order valence-corrected chi connectivity index (χ0v) is 14.9. The van der Waals surface area contributed by atoms with Gasteiger partial charge in [-0.1, -0.05) is 42.5 Å². The highest BCUT2D eigenvalue weighted by molar-refractivity contribution is 6.06. The highest BCUT2D eigenvalue weighted by atomic mass is 16.5. The van der Waals surface area contributed by atoms with E-state index in [-0.39, 0.29) is 5.97 Å². The van der Waals surface area contributed by atoms with E-state index in [9.17, 15) is 10.1 Å². The van der Waals surface area contributed by atoms with E-state index >= 15 is 0 Å². The van der Waals surface area contributed by atoms with Gasteiger partial charge in [-0.25, -0.2) is 4.79 Å². The lowest BCUT2D eigenvalue weighted by Crippen LogP contribution is -2.05. The van der Waals surface area contributed by atoms with Crippen LogP contribution < -0.4 is 0 Å². The molecule has 0 amide bonds. The minimum Gasteiger partial charge on any atom is -0.462 e. The van der Waals surface area contributed by atoms with Gasteiger partial charge in [0.05, 0.1) is 23.8 Å². The van der Waals surface area contributed by atoms with Crippen LogP contribution in [0.2, 0.25) is 0 Å². The summed E-state index contributed by atoms with van der Waals surface area (Å²) in [5.74, 6) is -0.381. The van der Waals surface area contributed by atoms with E-state index in [1.165, 1.54) is 5.39 Å². The Bertz CT molecular complexity index is 1220. The molecule has 4 aromatic rings. The van der Waals surface area contributed by atoms with E-state index in [0.29, 0.717) is 17.7 Å². The van der Waals surface area contributed by atoms with Gasteiger partial charge >= 0.3 is 5.97 Å². The van der Waals surface area contributed by atoms with Crippen LogP contribution in [0.1, 0.15) is 22.8 Å². The molecule has 0 saturated carbocycles. The molecule has 0 bridgehead atoms. The molecule has 0 fully saturated rings. The summed E-state index contributed by atoms with van der Waals surface area (Å²) in [7, 11) is 0.